The quantitative estimate of drug-likeness (QED) is 0.371. The minimum absolute atomic E-state index is 0.0220. The number of aromatic nitrogens is 1. The molecule has 1 saturated carbocycles. The van der Waals surface area contributed by atoms with Crippen molar-refractivity contribution in [2.75, 3.05) is 17.2 Å². The Bertz CT molecular complexity index is 1360. The topological polar surface area (TPSA) is 88.0 Å². The third-order valence-corrected chi connectivity index (χ3v) is 6.38. The van der Waals surface area contributed by atoms with Gasteiger partial charge in [0.15, 0.2) is 0 Å². The van der Waals surface area contributed by atoms with Gasteiger partial charge in [0.05, 0.1) is 27.9 Å². The van der Waals surface area contributed by atoms with E-state index in [2.05, 4.69) is 53.4 Å². The SMILES string of the molecule is [B][C@@](Nc1ccc2ncc(C#N)c(NCC(C)(C)C)c2c1)(C1=CN(C2CC2)NN1)c1ccc(F)cc1. The molecule has 1 atom stereocenters. The molecule has 0 bridgehead atoms. The second-order valence-corrected chi connectivity index (χ2v) is 10.7. The lowest BCUT2D eigenvalue weighted by molar-refractivity contribution is 0.260. The fourth-order valence-electron chi connectivity index (χ4n) is 4.21. The highest BCUT2D eigenvalue weighted by Crippen LogP contribution is 2.36. The molecule has 2 radical (unpaired) electrons. The zero-order valence-corrected chi connectivity index (χ0v) is 20.7. The van der Waals surface area contributed by atoms with Gasteiger partial charge in [-0.3, -0.25) is 9.99 Å². The number of pyridine rings is 1. The summed E-state index contributed by atoms with van der Waals surface area (Å²) in [6.07, 6.45) is 5.78. The summed E-state index contributed by atoms with van der Waals surface area (Å²) in [6.45, 7) is 7.09. The summed E-state index contributed by atoms with van der Waals surface area (Å²) in [5.74, 6) is -0.331. The first-order chi connectivity index (χ1) is 17.2. The first-order valence-electron chi connectivity index (χ1n) is 12.1. The van der Waals surface area contributed by atoms with Crippen molar-refractivity contribution >= 4 is 30.1 Å². The average molecular weight is 481 g/mol. The molecule has 3 aromatic rings. The predicted octanol–water partition coefficient (Wildman–Crippen LogP) is 4.47. The van der Waals surface area contributed by atoms with Crippen LogP contribution >= 0.6 is 0 Å². The number of hydrogen-bond acceptors (Lipinski definition) is 7. The van der Waals surface area contributed by atoms with E-state index in [1.54, 1.807) is 18.3 Å². The largest absolute Gasteiger partial charge is 0.383 e. The Balaban J connectivity index is 1.56. The number of rotatable bonds is 7. The van der Waals surface area contributed by atoms with Gasteiger partial charge in [-0.2, -0.15) is 5.26 Å². The summed E-state index contributed by atoms with van der Waals surface area (Å²) in [6, 6.07) is 14.6. The zero-order chi connectivity index (χ0) is 25.5. The van der Waals surface area contributed by atoms with Crippen LogP contribution in [0, 0.1) is 22.6 Å². The fourth-order valence-corrected chi connectivity index (χ4v) is 4.21. The summed E-state index contributed by atoms with van der Waals surface area (Å²) < 4.78 is 13.7. The molecule has 9 heteroatoms. The normalized spacial score (nSPS) is 17.2. The maximum atomic E-state index is 13.7. The maximum absolute atomic E-state index is 13.7. The predicted molar refractivity (Wildman–Crippen MR) is 141 cm³/mol. The van der Waals surface area contributed by atoms with E-state index in [0.717, 1.165) is 35.1 Å². The molecule has 182 valence electrons. The molecule has 1 aromatic heterocycles. The van der Waals surface area contributed by atoms with E-state index in [4.69, 9.17) is 7.85 Å². The van der Waals surface area contributed by atoms with Crippen molar-refractivity contribution in [2.24, 2.45) is 5.41 Å². The van der Waals surface area contributed by atoms with E-state index in [-0.39, 0.29) is 11.2 Å². The standard InChI is InChI=1S/C27H29BFN7/c1-26(2,3)16-32-25-17(13-30)14-31-23-11-8-20(12-22(23)25)33-27(28,18-4-6-19(29)7-5-18)24-15-36(35-34-24)21-9-10-21/h4-8,11-12,14-15,21,33-35H,9-10,16H2,1-3H3,(H,31,32)/t27-/m0/s1. The van der Waals surface area contributed by atoms with Crippen LogP contribution in [-0.2, 0) is 5.44 Å². The molecular formula is C27H29BFN7. The number of nitriles is 1. The molecule has 2 aromatic carbocycles. The Morgan fingerprint density at radius 1 is 1.19 bits per heavy atom. The molecule has 5 rings (SSSR count). The van der Waals surface area contributed by atoms with Crippen molar-refractivity contribution in [3.63, 3.8) is 0 Å². The van der Waals surface area contributed by atoms with Crippen molar-refractivity contribution < 1.29 is 4.39 Å². The third-order valence-electron chi connectivity index (χ3n) is 6.38. The number of anilines is 2. The molecule has 36 heavy (non-hydrogen) atoms. The Labute approximate surface area is 212 Å². The summed E-state index contributed by atoms with van der Waals surface area (Å²) in [7, 11) is 7.03. The number of fused-ring (bicyclic) bond motifs is 1. The average Bonchev–Trinajstić information content (AvgIpc) is 3.57. The highest BCUT2D eigenvalue weighted by atomic mass is 19.1. The monoisotopic (exact) mass is 481 g/mol. The molecule has 1 aliphatic carbocycles. The minimum Gasteiger partial charge on any atom is -0.383 e. The van der Waals surface area contributed by atoms with Crippen molar-refractivity contribution in [1.29, 1.82) is 5.26 Å². The van der Waals surface area contributed by atoms with E-state index in [1.165, 1.54) is 12.1 Å². The van der Waals surface area contributed by atoms with E-state index in [1.807, 2.05) is 29.4 Å². The van der Waals surface area contributed by atoms with Crippen LogP contribution in [0.25, 0.3) is 10.9 Å². The van der Waals surface area contributed by atoms with Crippen LogP contribution in [0.2, 0.25) is 0 Å². The lowest BCUT2D eigenvalue weighted by Gasteiger charge is -2.34. The first-order valence-corrected chi connectivity index (χ1v) is 12.1. The highest BCUT2D eigenvalue weighted by Gasteiger charge is 2.37. The zero-order valence-electron chi connectivity index (χ0n) is 20.7. The molecule has 0 amide bonds. The van der Waals surface area contributed by atoms with Crippen LogP contribution in [0.3, 0.4) is 0 Å². The first kappa shape index (κ1) is 24.0. The van der Waals surface area contributed by atoms with Gasteiger partial charge < -0.3 is 16.1 Å². The van der Waals surface area contributed by atoms with Crippen LogP contribution in [0.15, 0.2) is 60.6 Å². The van der Waals surface area contributed by atoms with Gasteiger partial charge in [0.25, 0.3) is 0 Å². The molecule has 1 aliphatic heterocycles. The fraction of sp³-hybridized carbons (Fsp3) is 0.333. The Morgan fingerprint density at radius 2 is 1.94 bits per heavy atom. The molecule has 2 aliphatic rings. The van der Waals surface area contributed by atoms with E-state index < -0.39 is 5.44 Å². The van der Waals surface area contributed by atoms with E-state index >= 15 is 0 Å². The van der Waals surface area contributed by atoms with Gasteiger partial charge in [-0.05, 0) is 54.2 Å². The van der Waals surface area contributed by atoms with Gasteiger partial charge >= 0.3 is 0 Å². The van der Waals surface area contributed by atoms with Crippen LogP contribution < -0.4 is 21.6 Å². The Kier molecular flexibility index (Phi) is 6.01. The van der Waals surface area contributed by atoms with Crippen LogP contribution in [-0.4, -0.2) is 30.4 Å². The lowest BCUT2D eigenvalue weighted by Crippen LogP contribution is -2.45. The molecule has 0 unspecified atom stereocenters. The van der Waals surface area contributed by atoms with Crippen molar-refractivity contribution in [2.45, 2.75) is 45.1 Å². The maximum Gasteiger partial charge on any atom is 0.123 e. The smallest absolute Gasteiger partial charge is 0.123 e. The summed E-state index contributed by atoms with van der Waals surface area (Å²) in [5, 5.41) is 19.5. The lowest BCUT2D eigenvalue weighted by atomic mass is 9.69. The molecule has 0 saturated heterocycles. The third kappa shape index (κ3) is 4.82. The molecule has 4 N–H and O–H groups in total. The second-order valence-electron chi connectivity index (χ2n) is 10.7. The number of halogens is 1. The van der Waals surface area contributed by atoms with Gasteiger partial charge in [-0.25, -0.2) is 4.39 Å². The van der Waals surface area contributed by atoms with Crippen molar-refractivity contribution in [3.05, 3.63) is 77.5 Å². The van der Waals surface area contributed by atoms with Crippen LogP contribution in [0.5, 0.6) is 0 Å². The second kappa shape index (κ2) is 9.03. The molecule has 0 spiro atoms. The number of benzene rings is 2. The highest BCUT2D eigenvalue weighted by molar-refractivity contribution is 6.19. The van der Waals surface area contributed by atoms with Gasteiger partial charge in [0, 0.05) is 36.1 Å². The van der Waals surface area contributed by atoms with Gasteiger partial charge in [0.1, 0.15) is 19.7 Å². The summed E-state index contributed by atoms with van der Waals surface area (Å²) in [5.41, 5.74) is 9.31. The van der Waals surface area contributed by atoms with Crippen molar-refractivity contribution in [1.82, 2.24) is 21.0 Å². The van der Waals surface area contributed by atoms with Crippen LogP contribution in [0.1, 0.15) is 44.7 Å². The summed E-state index contributed by atoms with van der Waals surface area (Å²) in [4.78, 5) is 4.47. The molecular weight excluding hydrogens is 452 g/mol. The van der Waals surface area contributed by atoms with Crippen molar-refractivity contribution in [3.8, 4) is 6.07 Å². The number of nitrogens with zero attached hydrogens (tertiary/aromatic N) is 3. The minimum atomic E-state index is -1.18. The van der Waals surface area contributed by atoms with Crippen LogP contribution in [0.4, 0.5) is 15.8 Å². The van der Waals surface area contributed by atoms with Gasteiger partial charge in [-0.1, -0.05) is 32.9 Å². The summed E-state index contributed by atoms with van der Waals surface area (Å²) >= 11 is 0. The number of hydrazine groups is 2. The Hall–Kier alpha value is -3.77. The molecule has 1 fully saturated rings. The molecule has 7 nitrogen and oxygen atoms in total. The number of nitrogens with one attached hydrogen (secondary N) is 4. The molecule has 2 heterocycles. The number of hydrogen-bond donors (Lipinski definition) is 4. The van der Waals surface area contributed by atoms with E-state index in [0.29, 0.717) is 29.4 Å². The Morgan fingerprint density at radius 3 is 2.61 bits per heavy atom. The van der Waals surface area contributed by atoms with E-state index in [9.17, 15) is 9.65 Å². The van der Waals surface area contributed by atoms with Gasteiger partial charge in [0.2, 0.25) is 0 Å². The van der Waals surface area contributed by atoms with Gasteiger partial charge in [-0.15, -0.1) is 5.53 Å².